The summed E-state index contributed by atoms with van der Waals surface area (Å²) in [5.41, 5.74) is 2.57. The second kappa shape index (κ2) is 6.52. The first kappa shape index (κ1) is 15.1. The number of hydrogen-bond acceptors (Lipinski definition) is 2. The fourth-order valence-electron chi connectivity index (χ4n) is 2.55. The molecule has 0 aliphatic heterocycles. The van der Waals surface area contributed by atoms with Gasteiger partial charge in [-0.15, -0.1) is 0 Å². The van der Waals surface area contributed by atoms with Crippen LogP contribution >= 0.6 is 0 Å². The standard InChI is InChI=1S/C18H17FN2O2/c1-23-17-8-7-13(10-15(17)19)21-18(22)9-6-12-11-20-16-5-3-2-4-14(12)16/h2-5,7-8,10-11,20H,6,9H2,1H3,(H,21,22). The maximum absolute atomic E-state index is 13.6. The lowest BCUT2D eigenvalue weighted by Gasteiger charge is -2.07. The first-order chi connectivity index (χ1) is 11.2. The van der Waals surface area contributed by atoms with Crippen LogP contribution in [-0.4, -0.2) is 18.0 Å². The van der Waals surface area contributed by atoms with Crippen LogP contribution in [0, 0.1) is 5.82 Å². The summed E-state index contributed by atoms with van der Waals surface area (Å²) < 4.78 is 18.5. The van der Waals surface area contributed by atoms with Crippen molar-refractivity contribution in [1.29, 1.82) is 0 Å². The van der Waals surface area contributed by atoms with Gasteiger partial charge in [0.15, 0.2) is 11.6 Å². The Kier molecular flexibility index (Phi) is 4.28. The van der Waals surface area contributed by atoms with Gasteiger partial charge in [-0.2, -0.15) is 0 Å². The summed E-state index contributed by atoms with van der Waals surface area (Å²) in [4.78, 5) is 15.2. The number of carbonyl (C=O) groups is 1. The van der Waals surface area contributed by atoms with E-state index < -0.39 is 5.82 Å². The van der Waals surface area contributed by atoms with Gasteiger partial charge < -0.3 is 15.0 Å². The third-order valence-corrected chi connectivity index (χ3v) is 3.73. The molecular formula is C18H17FN2O2. The van der Waals surface area contributed by atoms with Crippen molar-refractivity contribution in [3.05, 3.63) is 60.0 Å². The van der Waals surface area contributed by atoms with Crippen LogP contribution in [0.3, 0.4) is 0 Å². The molecule has 0 atom stereocenters. The van der Waals surface area contributed by atoms with Crippen LogP contribution in [0.4, 0.5) is 10.1 Å². The average molecular weight is 312 g/mol. The van der Waals surface area contributed by atoms with E-state index in [-0.39, 0.29) is 11.7 Å². The lowest BCUT2D eigenvalue weighted by molar-refractivity contribution is -0.116. The van der Waals surface area contributed by atoms with Gasteiger partial charge in [-0.25, -0.2) is 4.39 Å². The van der Waals surface area contributed by atoms with Crippen molar-refractivity contribution >= 4 is 22.5 Å². The molecule has 0 saturated carbocycles. The van der Waals surface area contributed by atoms with Crippen molar-refractivity contribution < 1.29 is 13.9 Å². The number of aromatic nitrogens is 1. The van der Waals surface area contributed by atoms with E-state index in [2.05, 4.69) is 10.3 Å². The highest BCUT2D eigenvalue weighted by molar-refractivity contribution is 5.91. The molecule has 0 saturated heterocycles. The third-order valence-electron chi connectivity index (χ3n) is 3.73. The Hall–Kier alpha value is -2.82. The molecule has 3 rings (SSSR count). The number of methoxy groups -OCH3 is 1. The number of hydrogen-bond donors (Lipinski definition) is 2. The monoisotopic (exact) mass is 312 g/mol. The Morgan fingerprint density at radius 2 is 2.09 bits per heavy atom. The van der Waals surface area contributed by atoms with E-state index in [1.54, 1.807) is 6.07 Å². The number of para-hydroxylation sites is 1. The van der Waals surface area contributed by atoms with Crippen LogP contribution in [0.15, 0.2) is 48.7 Å². The molecular weight excluding hydrogens is 295 g/mol. The van der Waals surface area contributed by atoms with Gasteiger partial charge in [-0.1, -0.05) is 18.2 Å². The van der Waals surface area contributed by atoms with Gasteiger partial charge in [0.25, 0.3) is 0 Å². The maximum Gasteiger partial charge on any atom is 0.224 e. The lowest BCUT2D eigenvalue weighted by Crippen LogP contribution is -2.12. The largest absolute Gasteiger partial charge is 0.494 e. The van der Waals surface area contributed by atoms with Crippen molar-refractivity contribution in [1.82, 2.24) is 4.98 Å². The summed E-state index contributed by atoms with van der Waals surface area (Å²) in [5, 5.41) is 3.82. The summed E-state index contributed by atoms with van der Waals surface area (Å²) in [5.74, 6) is -0.497. The molecule has 0 aliphatic carbocycles. The summed E-state index contributed by atoms with van der Waals surface area (Å²) in [7, 11) is 1.40. The number of benzene rings is 2. The van der Waals surface area contributed by atoms with Gasteiger partial charge in [-0.3, -0.25) is 4.79 Å². The predicted molar refractivity (Wildman–Crippen MR) is 88.2 cm³/mol. The number of rotatable bonds is 5. The number of amides is 1. The number of nitrogens with one attached hydrogen (secondary N) is 2. The fourth-order valence-corrected chi connectivity index (χ4v) is 2.55. The minimum Gasteiger partial charge on any atom is -0.494 e. The molecule has 0 bridgehead atoms. The molecule has 3 aromatic rings. The molecule has 0 aliphatic rings. The highest BCUT2D eigenvalue weighted by atomic mass is 19.1. The number of ether oxygens (including phenoxy) is 1. The molecule has 0 fully saturated rings. The molecule has 23 heavy (non-hydrogen) atoms. The molecule has 1 amide bonds. The number of aromatic amines is 1. The summed E-state index contributed by atoms with van der Waals surface area (Å²) in [6.45, 7) is 0. The smallest absolute Gasteiger partial charge is 0.224 e. The minimum absolute atomic E-state index is 0.153. The molecule has 1 heterocycles. The van der Waals surface area contributed by atoms with Gasteiger partial charge >= 0.3 is 0 Å². The molecule has 1 aromatic heterocycles. The molecule has 2 N–H and O–H groups in total. The van der Waals surface area contributed by atoms with E-state index in [0.29, 0.717) is 18.5 Å². The van der Waals surface area contributed by atoms with Crippen molar-refractivity contribution in [3.8, 4) is 5.75 Å². The van der Waals surface area contributed by atoms with E-state index in [9.17, 15) is 9.18 Å². The molecule has 2 aromatic carbocycles. The summed E-state index contributed by atoms with van der Waals surface area (Å²) in [6, 6.07) is 12.3. The number of aryl methyl sites for hydroxylation is 1. The van der Waals surface area contributed by atoms with E-state index in [1.807, 2.05) is 30.5 Å². The number of halogens is 1. The van der Waals surface area contributed by atoms with E-state index in [4.69, 9.17) is 4.74 Å². The maximum atomic E-state index is 13.6. The fraction of sp³-hybridized carbons (Fsp3) is 0.167. The number of carbonyl (C=O) groups excluding carboxylic acids is 1. The molecule has 4 nitrogen and oxygen atoms in total. The Bertz CT molecular complexity index is 842. The predicted octanol–water partition coefficient (Wildman–Crippen LogP) is 3.89. The average Bonchev–Trinajstić information content (AvgIpc) is 2.96. The summed E-state index contributed by atoms with van der Waals surface area (Å²) in [6.07, 6.45) is 2.87. The zero-order valence-corrected chi connectivity index (χ0v) is 12.7. The highest BCUT2D eigenvalue weighted by Gasteiger charge is 2.09. The highest BCUT2D eigenvalue weighted by Crippen LogP contribution is 2.22. The molecule has 5 heteroatoms. The van der Waals surface area contributed by atoms with E-state index in [1.165, 1.54) is 19.2 Å². The number of anilines is 1. The van der Waals surface area contributed by atoms with Crippen LogP contribution in [-0.2, 0) is 11.2 Å². The van der Waals surface area contributed by atoms with E-state index in [0.717, 1.165) is 16.5 Å². The van der Waals surface area contributed by atoms with Crippen LogP contribution < -0.4 is 10.1 Å². The van der Waals surface area contributed by atoms with Crippen LogP contribution in [0.1, 0.15) is 12.0 Å². The van der Waals surface area contributed by atoms with Crippen LogP contribution in [0.5, 0.6) is 5.75 Å². The van der Waals surface area contributed by atoms with Gasteiger partial charge in [0.2, 0.25) is 5.91 Å². The van der Waals surface area contributed by atoms with Crippen LogP contribution in [0.2, 0.25) is 0 Å². The van der Waals surface area contributed by atoms with E-state index >= 15 is 0 Å². The van der Waals surface area contributed by atoms with Crippen molar-refractivity contribution in [2.24, 2.45) is 0 Å². The van der Waals surface area contributed by atoms with Gasteiger partial charge in [0.1, 0.15) is 0 Å². The number of H-pyrrole nitrogens is 1. The van der Waals surface area contributed by atoms with Gasteiger partial charge in [0.05, 0.1) is 7.11 Å². The van der Waals surface area contributed by atoms with Crippen molar-refractivity contribution in [2.45, 2.75) is 12.8 Å². The van der Waals surface area contributed by atoms with Gasteiger partial charge in [0, 0.05) is 35.3 Å². The first-order valence-electron chi connectivity index (χ1n) is 7.36. The second-order valence-corrected chi connectivity index (χ2v) is 5.26. The second-order valence-electron chi connectivity index (χ2n) is 5.26. The first-order valence-corrected chi connectivity index (χ1v) is 7.36. The quantitative estimate of drug-likeness (QED) is 0.751. The zero-order chi connectivity index (χ0) is 16.2. The Labute approximate surface area is 133 Å². The lowest BCUT2D eigenvalue weighted by atomic mass is 10.1. The molecule has 118 valence electrons. The SMILES string of the molecule is COc1ccc(NC(=O)CCc2c[nH]c3ccccc23)cc1F. The molecule has 0 unspecified atom stereocenters. The van der Waals surface area contributed by atoms with Crippen molar-refractivity contribution in [3.63, 3.8) is 0 Å². The Morgan fingerprint density at radius 1 is 1.26 bits per heavy atom. The minimum atomic E-state index is -0.498. The third kappa shape index (κ3) is 3.34. The Balaban J connectivity index is 1.62. The van der Waals surface area contributed by atoms with Crippen molar-refractivity contribution in [2.75, 3.05) is 12.4 Å². The Morgan fingerprint density at radius 3 is 2.87 bits per heavy atom. The normalized spacial score (nSPS) is 10.7. The van der Waals surface area contributed by atoms with Crippen LogP contribution in [0.25, 0.3) is 10.9 Å². The van der Waals surface area contributed by atoms with Gasteiger partial charge in [-0.05, 0) is 30.2 Å². The summed E-state index contributed by atoms with van der Waals surface area (Å²) >= 11 is 0. The molecule has 0 spiro atoms. The number of fused-ring (bicyclic) bond motifs is 1. The zero-order valence-electron chi connectivity index (χ0n) is 12.7. The molecule has 0 radical (unpaired) electrons. The topological polar surface area (TPSA) is 54.1 Å².